The third-order valence-electron chi connectivity index (χ3n) is 2.61. The standard InChI is InChI=1S/C16H15NO3/c1-12-10-14(11-20-12)16(19)17-15-7-5-13(6-8-15)4-2-3-9-18/h5-8,10-11,18H,3,9H2,1H3,(H,17,19). The number of nitrogens with one attached hydrogen (secondary N) is 1. The average Bonchev–Trinajstić information content (AvgIpc) is 2.88. The second-order valence-electron chi connectivity index (χ2n) is 4.25. The molecule has 2 aromatic rings. The SMILES string of the molecule is Cc1cc(C(=O)Nc2ccc(C#CCCO)cc2)co1. The van der Waals surface area contributed by atoms with Gasteiger partial charge in [0, 0.05) is 17.7 Å². The maximum Gasteiger partial charge on any atom is 0.258 e. The zero-order valence-corrected chi connectivity index (χ0v) is 11.1. The number of hydrogen-bond donors (Lipinski definition) is 2. The molecule has 0 bridgehead atoms. The van der Waals surface area contributed by atoms with Gasteiger partial charge in [0.25, 0.3) is 5.91 Å². The topological polar surface area (TPSA) is 62.5 Å². The minimum absolute atomic E-state index is 0.0608. The number of hydrogen-bond acceptors (Lipinski definition) is 3. The second-order valence-corrected chi connectivity index (χ2v) is 4.25. The maximum absolute atomic E-state index is 11.9. The number of aryl methyl sites for hydroxylation is 1. The van der Waals surface area contributed by atoms with Crippen LogP contribution in [0.1, 0.15) is 28.1 Å². The molecule has 1 aromatic heterocycles. The number of aliphatic hydroxyl groups excluding tert-OH is 1. The lowest BCUT2D eigenvalue weighted by molar-refractivity contribution is 0.102. The Morgan fingerprint density at radius 1 is 1.35 bits per heavy atom. The first-order valence-electron chi connectivity index (χ1n) is 6.25. The molecule has 0 aliphatic heterocycles. The van der Waals surface area contributed by atoms with E-state index in [-0.39, 0.29) is 12.5 Å². The molecule has 2 N–H and O–H groups in total. The summed E-state index contributed by atoms with van der Waals surface area (Å²) in [6.07, 6.45) is 1.89. The van der Waals surface area contributed by atoms with E-state index >= 15 is 0 Å². The number of rotatable bonds is 3. The highest BCUT2D eigenvalue weighted by Gasteiger charge is 2.08. The van der Waals surface area contributed by atoms with Crippen molar-refractivity contribution in [3.63, 3.8) is 0 Å². The van der Waals surface area contributed by atoms with Crippen LogP contribution >= 0.6 is 0 Å². The number of amides is 1. The lowest BCUT2D eigenvalue weighted by atomic mass is 10.2. The van der Waals surface area contributed by atoms with Crippen LogP contribution in [0.2, 0.25) is 0 Å². The van der Waals surface area contributed by atoms with Gasteiger partial charge in [0.1, 0.15) is 12.0 Å². The summed E-state index contributed by atoms with van der Waals surface area (Å²) in [5, 5.41) is 11.4. The molecule has 0 fully saturated rings. The van der Waals surface area contributed by atoms with Crippen molar-refractivity contribution in [1.82, 2.24) is 0 Å². The van der Waals surface area contributed by atoms with Crippen LogP contribution in [-0.2, 0) is 0 Å². The van der Waals surface area contributed by atoms with E-state index in [1.807, 2.05) is 12.1 Å². The van der Waals surface area contributed by atoms with Crippen molar-refractivity contribution in [1.29, 1.82) is 0 Å². The van der Waals surface area contributed by atoms with Gasteiger partial charge in [-0.3, -0.25) is 4.79 Å². The van der Waals surface area contributed by atoms with E-state index in [2.05, 4.69) is 17.2 Å². The maximum atomic E-state index is 11.9. The molecular weight excluding hydrogens is 254 g/mol. The fourth-order valence-corrected chi connectivity index (χ4v) is 1.62. The molecule has 0 saturated carbocycles. The molecule has 0 atom stereocenters. The van der Waals surface area contributed by atoms with Gasteiger partial charge in [-0.2, -0.15) is 0 Å². The summed E-state index contributed by atoms with van der Waals surface area (Å²) in [5.41, 5.74) is 2.03. The van der Waals surface area contributed by atoms with E-state index in [0.717, 1.165) is 5.56 Å². The van der Waals surface area contributed by atoms with Crippen molar-refractivity contribution < 1.29 is 14.3 Å². The van der Waals surface area contributed by atoms with Crippen LogP contribution in [0, 0.1) is 18.8 Å². The molecule has 4 nitrogen and oxygen atoms in total. The van der Waals surface area contributed by atoms with E-state index < -0.39 is 0 Å². The smallest absolute Gasteiger partial charge is 0.258 e. The lowest BCUT2D eigenvalue weighted by Gasteiger charge is -2.03. The van der Waals surface area contributed by atoms with Gasteiger partial charge < -0.3 is 14.8 Å². The Morgan fingerprint density at radius 3 is 2.70 bits per heavy atom. The Balaban J connectivity index is 2.01. The first-order valence-corrected chi connectivity index (χ1v) is 6.25. The van der Waals surface area contributed by atoms with E-state index in [1.165, 1.54) is 6.26 Å². The van der Waals surface area contributed by atoms with E-state index in [1.54, 1.807) is 25.1 Å². The normalized spacial score (nSPS) is 9.70. The van der Waals surface area contributed by atoms with Gasteiger partial charge in [-0.25, -0.2) is 0 Å². The molecule has 1 amide bonds. The van der Waals surface area contributed by atoms with Crippen molar-refractivity contribution in [2.45, 2.75) is 13.3 Å². The van der Waals surface area contributed by atoms with Crippen molar-refractivity contribution in [3.05, 3.63) is 53.5 Å². The van der Waals surface area contributed by atoms with Gasteiger partial charge in [0.15, 0.2) is 0 Å². The van der Waals surface area contributed by atoms with Gasteiger partial charge in [0.2, 0.25) is 0 Å². The zero-order valence-electron chi connectivity index (χ0n) is 11.1. The van der Waals surface area contributed by atoms with Crippen molar-refractivity contribution >= 4 is 11.6 Å². The van der Waals surface area contributed by atoms with Gasteiger partial charge in [0.05, 0.1) is 12.2 Å². The van der Waals surface area contributed by atoms with E-state index in [9.17, 15) is 4.79 Å². The molecule has 0 aliphatic rings. The molecule has 102 valence electrons. The number of furan rings is 1. The van der Waals surface area contributed by atoms with Crippen LogP contribution < -0.4 is 5.32 Å². The van der Waals surface area contributed by atoms with Crippen molar-refractivity contribution in [3.8, 4) is 11.8 Å². The quantitative estimate of drug-likeness (QED) is 0.842. The molecule has 0 radical (unpaired) electrons. The van der Waals surface area contributed by atoms with Gasteiger partial charge in [-0.1, -0.05) is 11.8 Å². The fraction of sp³-hybridized carbons (Fsp3) is 0.188. The van der Waals surface area contributed by atoms with Crippen LogP contribution in [0.15, 0.2) is 41.0 Å². The van der Waals surface area contributed by atoms with Crippen LogP contribution in [0.5, 0.6) is 0 Å². The number of carbonyl (C=O) groups is 1. The van der Waals surface area contributed by atoms with E-state index in [0.29, 0.717) is 23.4 Å². The minimum Gasteiger partial charge on any atom is -0.469 e. The predicted molar refractivity (Wildman–Crippen MR) is 76.4 cm³/mol. The molecular formula is C16H15NO3. The molecule has 20 heavy (non-hydrogen) atoms. The summed E-state index contributed by atoms with van der Waals surface area (Å²) in [7, 11) is 0. The molecule has 1 heterocycles. The third kappa shape index (κ3) is 3.74. The average molecular weight is 269 g/mol. The largest absolute Gasteiger partial charge is 0.469 e. The van der Waals surface area contributed by atoms with Crippen molar-refractivity contribution in [2.75, 3.05) is 11.9 Å². The summed E-state index contributed by atoms with van der Waals surface area (Å²) in [5.74, 6) is 6.26. The summed E-state index contributed by atoms with van der Waals surface area (Å²) < 4.78 is 5.10. The number of anilines is 1. The van der Waals surface area contributed by atoms with Crippen LogP contribution in [0.25, 0.3) is 0 Å². The molecule has 0 aliphatic carbocycles. The first-order chi connectivity index (χ1) is 9.69. The van der Waals surface area contributed by atoms with E-state index in [4.69, 9.17) is 9.52 Å². The summed E-state index contributed by atoms with van der Waals surface area (Å²) >= 11 is 0. The Morgan fingerprint density at radius 2 is 2.10 bits per heavy atom. The lowest BCUT2D eigenvalue weighted by Crippen LogP contribution is -2.10. The Hall–Kier alpha value is -2.51. The Bertz CT molecular complexity index is 644. The summed E-state index contributed by atoms with van der Waals surface area (Å²) in [6, 6.07) is 8.90. The van der Waals surface area contributed by atoms with Crippen LogP contribution in [0.4, 0.5) is 5.69 Å². The Labute approximate surface area is 117 Å². The predicted octanol–water partition coefficient (Wildman–Crippen LogP) is 2.57. The molecule has 0 saturated heterocycles. The first kappa shape index (κ1) is 13.9. The molecule has 2 rings (SSSR count). The van der Waals surface area contributed by atoms with Crippen molar-refractivity contribution in [2.24, 2.45) is 0 Å². The molecule has 0 unspecified atom stereocenters. The zero-order chi connectivity index (χ0) is 14.4. The van der Waals surface area contributed by atoms with Gasteiger partial charge in [-0.15, -0.1) is 0 Å². The van der Waals surface area contributed by atoms with Crippen LogP contribution in [-0.4, -0.2) is 17.6 Å². The molecule has 1 aromatic carbocycles. The van der Waals surface area contributed by atoms with Gasteiger partial charge in [-0.05, 0) is 37.3 Å². The summed E-state index contributed by atoms with van der Waals surface area (Å²) in [4.78, 5) is 11.9. The second kappa shape index (κ2) is 6.60. The number of benzene rings is 1. The number of carbonyl (C=O) groups excluding carboxylic acids is 1. The monoisotopic (exact) mass is 269 g/mol. The minimum atomic E-state index is -0.207. The highest BCUT2D eigenvalue weighted by Crippen LogP contribution is 2.12. The van der Waals surface area contributed by atoms with Crippen LogP contribution in [0.3, 0.4) is 0 Å². The number of aliphatic hydroxyl groups is 1. The van der Waals surface area contributed by atoms with Gasteiger partial charge >= 0.3 is 0 Å². The molecule has 0 spiro atoms. The fourth-order valence-electron chi connectivity index (χ4n) is 1.62. The third-order valence-corrected chi connectivity index (χ3v) is 2.61. The summed E-state index contributed by atoms with van der Waals surface area (Å²) in [6.45, 7) is 1.85. The highest BCUT2D eigenvalue weighted by molar-refractivity contribution is 6.04. The Kier molecular flexibility index (Phi) is 4.59. The highest BCUT2D eigenvalue weighted by atomic mass is 16.3. The molecule has 4 heteroatoms.